The summed E-state index contributed by atoms with van der Waals surface area (Å²) in [5.74, 6) is 0.474. The van der Waals surface area contributed by atoms with Gasteiger partial charge in [0.25, 0.3) is 0 Å². The lowest BCUT2D eigenvalue weighted by atomic mass is 9.89. The Hall–Kier alpha value is -0.860. The summed E-state index contributed by atoms with van der Waals surface area (Å²) in [6.45, 7) is 1.34. The summed E-state index contributed by atoms with van der Waals surface area (Å²) >= 11 is 0. The second-order valence-corrected chi connectivity index (χ2v) is 3.99. The molecule has 76 valence electrons. The smallest absolute Gasteiger partial charge is 0.0460 e. The molecule has 1 saturated heterocycles. The maximum absolute atomic E-state index is 9.13. The maximum Gasteiger partial charge on any atom is 0.0460 e. The van der Waals surface area contributed by atoms with E-state index in [1.807, 2.05) is 6.07 Å². The van der Waals surface area contributed by atoms with Crippen LogP contribution in [-0.2, 0) is 0 Å². The van der Waals surface area contributed by atoms with Crippen LogP contribution in [0.5, 0.6) is 0 Å². The van der Waals surface area contributed by atoms with Crippen molar-refractivity contribution < 1.29 is 5.11 Å². The van der Waals surface area contributed by atoms with Crippen molar-refractivity contribution in [3.8, 4) is 0 Å². The van der Waals surface area contributed by atoms with Crippen molar-refractivity contribution in [2.45, 2.75) is 18.9 Å². The Bertz CT molecular complexity index is 273. The molecule has 2 N–H and O–H groups in total. The molecule has 0 bridgehead atoms. The molecule has 2 heteroatoms. The number of piperidine rings is 1. The van der Waals surface area contributed by atoms with E-state index in [-0.39, 0.29) is 0 Å². The largest absolute Gasteiger partial charge is 0.396 e. The van der Waals surface area contributed by atoms with Gasteiger partial charge in [0.1, 0.15) is 0 Å². The molecule has 0 aliphatic carbocycles. The molecule has 1 fully saturated rings. The minimum absolute atomic E-state index is 0.324. The number of benzene rings is 1. The third-order valence-corrected chi connectivity index (χ3v) is 2.97. The average Bonchev–Trinajstić information content (AvgIpc) is 2.30. The van der Waals surface area contributed by atoms with E-state index >= 15 is 0 Å². The van der Waals surface area contributed by atoms with Crippen molar-refractivity contribution in [3.63, 3.8) is 0 Å². The van der Waals surface area contributed by atoms with E-state index in [0.29, 0.717) is 18.6 Å². The van der Waals surface area contributed by atoms with Crippen LogP contribution in [0, 0.1) is 5.92 Å². The first-order valence-electron chi connectivity index (χ1n) is 5.29. The van der Waals surface area contributed by atoms with Crippen LogP contribution in [0.3, 0.4) is 0 Å². The predicted octanol–water partition coefficient (Wildman–Crippen LogP) is 1.72. The number of rotatable bonds is 2. The van der Waals surface area contributed by atoms with E-state index in [2.05, 4.69) is 29.6 Å². The molecule has 0 unspecified atom stereocenters. The highest BCUT2D eigenvalue weighted by atomic mass is 16.3. The highest BCUT2D eigenvalue weighted by Crippen LogP contribution is 2.26. The Morgan fingerprint density at radius 1 is 1.29 bits per heavy atom. The molecule has 0 spiro atoms. The molecule has 1 aromatic rings. The lowest BCUT2D eigenvalue weighted by Gasteiger charge is -2.29. The standard InChI is InChI=1S/C12H17NO/c14-9-10-6-7-13-12(8-10)11-4-2-1-3-5-11/h1-5,10,12-14H,6-9H2/t10-,12+/m0/s1. The summed E-state index contributed by atoms with van der Waals surface area (Å²) in [5, 5.41) is 12.6. The zero-order valence-corrected chi connectivity index (χ0v) is 8.32. The van der Waals surface area contributed by atoms with Crippen LogP contribution >= 0.6 is 0 Å². The summed E-state index contributed by atoms with van der Waals surface area (Å²) in [4.78, 5) is 0. The molecule has 0 radical (unpaired) electrons. The quantitative estimate of drug-likeness (QED) is 0.746. The van der Waals surface area contributed by atoms with Gasteiger partial charge in [-0.3, -0.25) is 0 Å². The number of hydrogen-bond donors (Lipinski definition) is 2. The van der Waals surface area contributed by atoms with Gasteiger partial charge in [0.15, 0.2) is 0 Å². The second-order valence-electron chi connectivity index (χ2n) is 3.99. The van der Waals surface area contributed by atoms with Gasteiger partial charge in [0.2, 0.25) is 0 Å². The first kappa shape index (κ1) is 9.69. The van der Waals surface area contributed by atoms with Gasteiger partial charge >= 0.3 is 0 Å². The molecule has 1 aliphatic rings. The van der Waals surface area contributed by atoms with Crippen LogP contribution in [0.1, 0.15) is 24.4 Å². The van der Waals surface area contributed by atoms with Crippen LogP contribution in [0.15, 0.2) is 30.3 Å². The number of aliphatic hydroxyl groups is 1. The summed E-state index contributed by atoms with van der Waals surface area (Å²) in [6, 6.07) is 10.9. The SMILES string of the molecule is OC[C@H]1CCN[C@@H](c2ccccc2)C1. The minimum atomic E-state index is 0.324. The number of aliphatic hydroxyl groups excluding tert-OH is 1. The minimum Gasteiger partial charge on any atom is -0.396 e. The van der Waals surface area contributed by atoms with Crippen LogP contribution in [-0.4, -0.2) is 18.3 Å². The predicted molar refractivity (Wildman–Crippen MR) is 57.0 cm³/mol. The lowest BCUT2D eigenvalue weighted by Crippen LogP contribution is -2.32. The van der Waals surface area contributed by atoms with Crippen molar-refractivity contribution in [3.05, 3.63) is 35.9 Å². The number of hydrogen-bond acceptors (Lipinski definition) is 2. The molecule has 1 aromatic carbocycles. The third-order valence-electron chi connectivity index (χ3n) is 2.97. The Morgan fingerprint density at radius 3 is 2.79 bits per heavy atom. The van der Waals surface area contributed by atoms with E-state index in [4.69, 9.17) is 5.11 Å². The summed E-state index contributed by atoms with van der Waals surface area (Å²) < 4.78 is 0. The van der Waals surface area contributed by atoms with Crippen molar-refractivity contribution in [2.24, 2.45) is 5.92 Å². The molecule has 0 aromatic heterocycles. The van der Waals surface area contributed by atoms with Crippen LogP contribution < -0.4 is 5.32 Å². The van der Waals surface area contributed by atoms with Gasteiger partial charge in [0, 0.05) is 12.6 Å². The molecule has 0 amide bonds. The Morgan fingerprint density at radius 2 is 2.07 bits per heavy atom. The van der Waals surface area contributed by atoms with E-state index in [9.17, 15) is 0 Å². The molecule has 0 saturated carbocycles. The highest BCUT2D eigenvalue weighted by Gasteiger charge is 2.21. The fourth-order valence-corrected chi connectivity index (χ4v) is 2.10. The number of nitrogens with one attached hydrogen (secondary N) is 1. The van der Waals surface area contributed by atoms with Crippen LogP contribution in [0.2, 0.25) is 0 Å². The molecular formula is C12H17NO. The average molecular weight is 191 g/mol. The molecule has 2 rings (SSSR count). The Balaban J connectivity index is 2.04. The molecule has 2 nitrogen and oxygen atoms in total. The fraction of sp³-hybridized carbons (Fsp3) is 0.500. The van der Waals surface area contributed by atoms with Gasteiger partial charge in [-0.1, -0.05) is 30.3 Å². The molecule has 1 aliphatic heterocycles. The Labute approximate surface area is 85.0 Å². The second kappa shape index (κ2) is 4.58. The van der Waals surface area contributed by atoms with Crippen molar-refractivity contribution in [1.29, 1.82) is 0 Å². The topological polar surface area (TPSA) is 32.3 Å². The van der Waals surface area contributed by atoms with Gasteiger partial charge in [-0.15, -0.1) is 0 Å². The lowest BCUT2D eigenvalue weighted by molar-refractivity contribution is 0.176. The van der Waals surface area contributed by atoms with E-state index in [0.717, 1.165) is 19.4 Å². The van der Waals surface area contributed by atoms with Gasteiger partial charge < -0.3 is 10.4 Å². The van der Waals surface area contributed by atoms with E-state index in [1.54, 1.807) is 0 Å². The maximum atomic E-state index is 9.13. The fourth-order valence-electron chi connectivity index (χ4n) is 2.10. The van der Waals surface area contributed by atoms with Crippen LogP contribution in [0.4, 0.5) is 0 Å². The van der Waals surface area contributed by atoms with E-state index in [1.165, 1.54) is 5.56 Å². The van der Waals surface area contributed by atoms with Crippen LogP contribution in [0.25, 0.3) is 0 Å². The first-order chi connectivity index (χ1) is 6.90. The molecular weight excluding hydrogens is 174 g/mol. The molecule has 2 atom stereocenters. The molecule has 14 heavy (non-hydrogen) atoms. The van der Waals surface area contributed by atoms with Gasteiger partial charge in [-0.05, 0) is 30.9 Å². The first-order valence-corrected chi connectivity index (χ1v) is 5.29. The Kier molecular flexibility index (Phi) is 3.17. The van der Waals surface area contributed by atoms with E-state index < -0.39 is 0 Å². The van der Waals surface area contributed by atoms with Crippen molar-refractivity contribution in [2.75, 3.05) is 13.2 Å². The summed E-state index contributed by atoms with van der Waals surface area (Å²) in [7, 11) is 0. The normalized spacial score (nSPS) is 27.5. The zero-order valence-electron chi connectivity index (χ0n) is 8.32. The molecule has 1 heterocycles. The summed E-state index contributed by atoms with van der Waals surface area (Å²) in [5.41, 5.74) is 1.34. The van der Waals surface area contributed by atoms with Gasteiger partial charge in [0.05, 0.1) is 0 Å². The third kappa shape index (κ3) is 2.14. The van der Waals surface area contributed by atoms with Crippen molar-refractivity contribution >= 4 is 0 Å². The highest BCUT2D eigenvalue weighted by molar-refractivity contribution is 5.19. The monoisotopic (exact) mass is 191 g/mol. The van der Waals surface area contributed by atoms with Gasteiger partial charge in [-0.2, -0.15) is 0 Å². The van der Waals surface area contributed by atoms with Gasteiger partial charge in [-0.25, -0.2) is 0 Å². The summed E-state index contributed by atoms with van der Waals surface area (Å²) in [6.07, 6.45) is 2.15. The van der Waals surface area contributed by atoms with Crippen molar-refractivity contribution in [1.82, 2.24) is 5.32 Å². The zero-order chi connectivity index (χ0) is 9.80.